The Morgan fingerprint density at radius 2 is 1.72 bits per heavy atom. The second-order valence-electron chi connectivity index (χ2n) is 5.35. The van der Waals surface area contributed by atoms with Crippen LogP contribution in [0, 0.1) is 0 Å². The van der Waals surface area contributed by atoms with Gasteiger partial charge in [-0.25, -0.2) is 0 Å². The van der Waals surface area contributed by atoms with Crippen LogP contribution in [0.25, 0.3) is 16.0 Å². The normalized spacial score (nSPS) is 14.0. The average Bonchev–Trinajstić information content (AvgIpc) is 2.65. The molecule has 0 heterocycles. The molecule has 0 N–H and O–H groups in total. The van der Waals surface area contributed by atoms with Crippen molar-refractivity contribution in [2.45, 2.75) is 26.4 Å². The Bertz CT molecular complexity index is 626. The van der Waals surface area contributed by atoms with E-state index in [0.29, 0.717) is 0 Å². The third-order valence-electron chi connectivity index (χ3n) is 3.78. The van der Waals surface area contributed by atoms with Crippen LogP contribution in [0.3, 0.4) is 0 Å². The molecule has 90 valence electrons. The fourth-order valence-corrected chi connectivity index (χ4v) is 5.16. The summed E-state index contributed by atoms with van der Waals surface area (Å²) in [5, 5.41) is 4.54. The van der Waals surface area contributed by atoms with Gasteiger partial charge < -0.3 is 0 Å². The first-order valence-electron chi connectivity index (χ1n) is 6.39. The Hall–Kier alpha value is -0.460. The van der Waals surface area contributed by atoms with Crippen molar-refractivity contribution in [2.75, 3.05) is 0 Å². The zero-order valence-electron chi connectivity index (χ0n) is 11.2. The number of benzene rings is 2. The molecule has 3 rings (SSSR count). The number of rotatable bonds is 1. The number of fused-ring (bicyclic) bond motifs is 3. The number of hydrogen-bond donors (Lipinski definition) is 0. The Labute approximate surface area is 130 Å². The van der Waals surface area contributed by atoms with E-state index >= 15 is 0 Å². The van der Waals surface area contributed by atoms with E-state index in [1.807, 2.05) is 0 Å². The smallest absolute Gasteiger partial charge is 0.0655 e. The standard InChI is InChI=1S/C16H18Si.Zr/c1-11-10-13-9-8-12-6-4-5-7-14(12)15(13)16(11)17(2)3;/h4-9,17H,10H2,1-3H3;. The van der Waals surface area contributed by atoms with Crippen LogP contribution in [0.15, 0.2) is 42.0 Å². The van der Waals surface area contributed by atoms with Crippen LogP contribution < -0.4 is 0 Å². The second-order valence-corrected chi connectivity index (χ2v) is 8.23. The van der Waals surface area contributed by atoms with Gasteiger partial charge in [0.15, 0.2) is 0 Å². The zero-order valence-corrected chi connectivity index (χ0v) is 14.9. The Morgan fingerprint density at radius 3 is 2.44 bits per heavy atom. The molecule has 0 aromatic heterocycles. The van der Waals surface area contributed by atoms with Crippen molar-refractivity contribution >= 4 is 24.8 Å². The first-order valence-corrected chi connectivity index (χ1v) is 9.28. The van der Waals surface area contributed by atoms with E-state index < -0.39 is 8.80 Å². The third kappa shape index (κ3) is 2.10. The van der Waals surface area contributed by atoms with Gasteiger partial charge in [-0.2, -0.15) is 0 Å². The van der Waals surface area contributed by atoms with Gasteiger partial charge in [0.05, 0.1) is 8.80 Å². The Kier molecular flexibility index (Phi) is 4.08. The molecule has 0 nitrogen and oxygen atoms in total. The fourth-order valence-electron chi connectivity index (χ4n) is 3.16. The molecule has 2 aromatic carbocycles. The van der Waals surface area contributed by atoms with Gasteiger partial charge in [-0.15, -0.1) is 0 Å². The van der Waals surface area contributed by atoms with E-state index in [4.69, 9.17) is 0 Å². The molecule has 1 aliphatic rings. The van der Waals surface area contributed by atoms with Crippen molar-refractivity contribution < 1.29 is 26.2 Å². The van der Waals surface area contributed by atoms with Crippen LogP contribution in [-0.2, 0) is 32.6 Å². The predicted octanol–water partition coefficient (Wildman–Crippen LogP) is 4.19. The first kappa shape index (κ1) is 14.0. The van der Waals surface area contributed by atoms with Crippen LogP contribution in [0.4, 0.5) is 0 Å². The Balaban J connectivity index is 0.00000120. The molecule has 0 aliphatic heterocycles. The fraction of sp³-hybridized carbons (Fsp3) is 0.250. The maximum atomic E-state index is 2.44. The van der Waals surface area contributed by atoms with Gasteiger partial charge in [0.2, 0.25) is 0 Å². The Morgan fingerprint density at radius 1 is 1.00 bits per heavy atom. The average molecular weight is 330 g/mol. The van der Waals surface area contributed by atoms with E-state index in [2.05, 4.69) is 56.4 Å². The van der Waals surface area contributed by atoms with Gasteiger partial charge >= 0.3 is 0 Å². The van der Waals surface area contributed by atoms with Gasteiger partial charge in [0, 0.05) is 26.2 Å². The van der Waals surface area contributed by atoms with Crippen molar-refractivity contribution in [3.8, 4) is 0 Å². The summed E-state index contributed by atoms with van der Waals surface area (Å²) in [6, 6.07) is 13.4. The van der Waals surface area contributed by atoms with Crippen molar-refractivity contribution in [3.05, 3.63) is 53.1 Å². The van der Waals surface area contributed by atoms with E-state index in [1.54, 1.807) is 16.3 Å². The molecule has 2 aromatic rings. The molecule has 0 bridgehead atoms. The summed E-state index contributed by atoms with van der Waals surface area (Å²) < 4.78 is 0. The minimum Gasteiger partial charge on any atom is -0.0694 e. The first-order chi connectivity index (χ1) is 8.18. The number of allylic oxidation sites excluding steroid dienone is 1. The van der Waals surface area contributed by atoms with Gasteiger partial charge in [-0.1, -0.05) is 60.3 Å². The molecular weight excluding hydrogens is 311 g/mol. The molecule has 1 aliphatic carbocycles. The molecule has 0 atom stereocenters. The monoisotopic (exact) mass is 328 g/mol. The van der Waals surface area contributed by atoms with Gasteiger partial charge in [0.25, 0.3) is 0 Å². The van der Waals surface area contributed by atoms with Crippen molar-refractivity contribution in [1.82, 2.24) is 0 Å². The largest absolute Gasteiger partial charge is 0.0694 e. The molecule has 0 radical (unpaired) electrons. The molecule has 0 amide bonds. The van der Waals surface area contributed by atoms with Crippen LogP contribution in [-0.4, -0.2) is 8.80 Å². The van der Waals surface area contributed by atoms with Crippen molar-refractivity contribution in [3.63, 3.8) is 0 Å². The quantitative estimate of drug-likeness (QED) is 0.688. The minimum atomic E-state index is -0.746. The summed E-state index contributed by atoms with van der Waals surface area (Å²) in [5.41, 5.74) is 4.72. The topological polar surface area (TPSA) is 0 Å². The maximum Gasteiger partial charge on any atom is 0.0655 e. The molecule has 0 saturated carbocycles. The van der Waals surface area contributed by atoms with Gasteiger partial charge in [-0.3, -0.25) is 0 Å². The summed E-state index contributed by atoms with van der Waals surface area (Å²) in [4.78, 5) is 0. The SMILES string of the molecule is CC1=C([SiH](C)C)c2c(ccc3ccccc23)C1.[Zr]. The summed E-state index contributed by atoms with van der Waals surface area (Å²) in [7, 11) is -0.746. The second kappa shape index (κ2) is 5.27. The summed E-state index contributed by atoms with van der Waals surface area (Å²) in [6.45, 7) is 7.20. The maximum absolute atomic E-state index is 2.44. The van der Waals surface area contributed by atoms with Crippen LogP contribution in [0.2, 0.25) is 13.1 Å². The van der Waals surface area contributed by atoms with Crippen molar-refractivity contribution in [1.29, 1.82) is 0 Å². The molecule has 0 saturated heterocycles. The van der Waals surface area contributed by atoms with Gasteiger partial charge in [-0.05, 0) is 35.2 Å². The molecule has 0 spiro atoms. The molecule has 0 fully saturated rings. The molecule has 18 heavy (non-hydrogen) atoms. The summed E-state index contributed by atoms with van der Waals surface area (Å²) in [6.07, 6.45) is 1.17. The predicted molar refractivity (Wildman–Crippen MR) is 79.1 cm³/mol. The third-order valence-corrected chi connectivity index (χ3v) is 5.71. The van der Waals surface area contributed by atoms with E-state index in [1.165, 1.54) is 22.8 Å². The van der Waals surface area contributed by atoms with Crippen LogP contribution in [0.5, 0.6) is 0 Å². The van der Waals surface area contributed by atoms with E-state index in [-0.39, 0.29) is 26.2 Å². The molecule has 2 heteroatoms. The van der Waals surface area contributed by atoms with Crippen LogP contribution >= 0.6 is 0 Å². The van der Waals surface area contributed by atoms with Crippen molar-refractivity contribution in [2.24, 2.45) is 0 Å². The zero-order chi connectivity index (χ0) is 12.0. The number of hydrogen-bond acceptors (Lipinski definition) is 0. The van der Waals surface area contributed by atoms with Gasteiger partial charge in [0.1, 0.15) is 0 Å². The van der Waals surface area contributed by atoms with Crippen LogP contribution in [0.1, 0.15) is 18.1 Å². The van der Waals surface area contributed by atoms with E-state index in [0.717, 1.165) is 0 Å². The molecule has 0 unspecified atom stereocenters. The minimum absolute atomic E-state index is 0. The summed E-state index contributed by atoms with van der Waals surface area (Å²) >= 11 is 0. The summed E-state index contributed by atoms with van der Waals surface area (Å²) in [5.74, 6) is 0. The molecular formula is C16H18SiZr. The van der Waals surface area contributed by atoms with E-state index in [9.17, 15) is 0 Å².